The predicted molar refractivity (Wildman–Crippen MR) is 75.6 cm³/mol. The van der Waals surface area contributed by atoms with E-state index >= 15 is 0 Å². The van der Waals surface area contributed by atoms with Gasteiger partial charge in [0.2, 0.25) is 0 Å². The fourth-order valence-corrected chi connectivity index (χ4v) is 1.75. The number of ether oxygens (including phenoxy) is 2. The van der Waals surface area contributed by atoms with E-state index in [1.807, 2.05) is 0 Å². The van der Waals surface area contributed by atoms with E-state index in [-0.39, 0.29) is 22.2 Å². The number of nitro benzene ring substituents is 1. The fraction of sp³-hybridized carbons (Fsp3) is 0.0714. The number of para-hydroxylation sites is 1. The molecule has 114 valence electrons. The molecule has 6 nitrogen and oxygen atoms in total. The van der Waals surface area contributed by atoms with Crippen LogP contribution in [0.4, 0.5) is 10.1 Å². The van der Waals surface area contributed by atoms with E-state index in [1.54, 1.807) is 6.07 Å². The van der Waals surface area contributed by atoms with Gasteiger partial charge in [0.15, 0.2) is 18.2 Å². The summed E-state index contributed by atoms with van der Waals surface area (Å²) in [5, 5.41) is 10.5. The van der Waals surface area contributed by atoms with E-state index < -0.39 is 23.3 Å². The summed E-state index contributed by atoms with van der Waals surface area (Å²) in [6, 6.07) is 8.99. The molecule has 0 aromatic heterocycles. The molecule has 0 unspecified atom stereocenters. The number of carbonyl (C=O) groups is 1. The Kier molecular flexibility index (Phi) is 4.90. The first kappa shape index (κ1) is 15.7. The third kappa shape index (κ3) is 3.92. The summed E-state index contributed by atoms with van der Waals surface area (Å²) < 4.78 is 23.2. The fourth-order valence-electron chi connectivity index (χ4n) is 1.54. The summed E-state index contributed by atoms with van der Waals surface area (Å²) in [7, 11) is 0. The number of nitro groups is 1. The average molecular weight is 326 g/mol. The van der Waals surface area contributed by atoms with Gasteiger partial charge in [0.25, 0.3) is 5.69 Å². The minimum atomic E-state index is -0.820. The van der Waals surface area contributed by atoms with Crippen molar-refractivity contribution in [3.8, 4) is 11.5 Å². The van der Waals surface area contributed by atoms with Crippen LogP contribution in [0.5, 0.6) is 11.5 Å². The topological polar surface area (TPSA) is 78.7 Å². The van der Waals surface area contributed by atoms with Crippen molar-refractivity contribution in [2.24, 2.45) is 0 Å². The normalized spacial score (nSPS) is 10.1. The van der Waals surface area contributed by atoms with Crippen molar-refractivity contribution in [3.05, 3.63) is 63.4 Å². The van der Waals surface area contributed by atoms with Gasteiger partial charge in [-0.05, 0) is 18.2 Å². The lowest BCUT2D eigenvalue weighted by atomic mass is 10.3. The molecule has 2 aromatic rings. The minimum absolute atomic E-state index is 0.0469. The van der Waals surface area contributed by atoms with Crippen molar-refractivity contribution in [2.75, 3.05) is 6.61 Å². The summed E-state index contributed by atoms with van der Waals surface area (Å²) in [4.78, 5) is 21.5. The maximum Gasteiger partial charge on any atom is 0.349 e. The van der Waals surface area contributed by atoms with Gasteiger partial charge in [0.1, 0.15) is 5.75 Å². The lowest BCUT2D eigenvalue weighted by molar-refractivity contribution is -0.384. The van der Waals surface area contributed by atoms with Crippen LogP contribution in [0.25, 0.3) is 0 Å². The van der Waals surface area contributed by atoms with E-state index in [1.165, 1.54) is 24.3 Å². The Morgan fingerprint density at radius 3 is 2.59 bits per heavy atom. The lowest BCUT2D eigenvalue weighted by Gasteiger charge is -2.08. The number of hydrogen-bond donors (Lipinski definition) is 0. The number of hydrogen-bond acceptors (Lipinski definition) is 5. The second-order valence-electron chi connectivity index (χ2n) is 4.07. The van der Waals surface area contributed by atoms with Crippen LogP contribution in [0.15, 0.2) is 42.5 Å². The monoisotopic (exact) mass is 325 g/mol. The SMILES string of the molecule is O=C(COc1ccccc1F)Oc1ccc([N+](=O)[O-])cc1Cl. The molecule has 0 spiro atoms. The molecule has 0 N–H and O–H groups in total. The van der Waals surface area contributed by atoms with Crippen molar-refractivity contribution < 1.29 is 23.6 Å². The number of esters is 1. The zero-order chi connectivity index (χ0) is 16.1. The van der Waals surface area contributed by atoms with Gasteiger partial charge in [0, 0.05) is 12.1 Å². The van der Waals surface area contributed by atoms with E-state index in [0.717, 1.165) is 12.1 Å². The molecule has 0 atom stereocenters. The van der Waals surface area contributed by atoms with Crippen LogP contribution < -0.4 is 9.47 Å². The summed E-state index contributed by atoms with van der Waals surface area (Å²) in [6.07, 6.45) is 0. The molecule has 2 rings (SSSR count). The zero-order valence-electron chi connectivity index (χ0n) is 11.0. The van der Waals surface area contributed by atoms with Crippen molar-refractivity contribution in [3.63, 3.8) is 0 Å². The molecule has 0 aliphatic rings. The number of non-ortho nitro benzene ring substituents is 1. The van der Waals surface area contributed by atoms with Crippen molar-refractivity contribution in [1.29, 1.82) is 0 Å². The van der Waals surface area contributed by atoms with Gasteiger partial charge in [0.05, 0.1) is 9.95 Å². The highest BCUT2D eigenvalue weighted by Gasteiger charge is 2.14. The molecule has 2 aromatic carbocycles. The average Bonchev–Trinajstić information content (AvgIpc) is 2.48. The van der Waals surface area contributed by atoms with Crippen molar-refractivity contribution in [1.82, 2.24) is 0 Å². The molecule has 0 amide bonds. The third-order valence-corrected chi connectivity index (χ3v) is 2.83. The van der Waals surface area contributed by atoms with Gasteiger partial charge in [-0.2, -0.15) is 0 Å². The van der Waals surface area contributed by atoms with E-state index in [4.69, 9.17) is 21.1 Å². The van der Waals surface area contributed by atoms with Gasteiger partial charge in [-0.25, -0.2) is 9.18 Å². The molecular weight excluding hydrogens is 317 g/mol. The lowest BCUT2D eigenvalue weighted by Crippen LogP contribution is -2.18. The van der Waals surface area contributed by atoms with Gasteiger partial charge in [-0.15, -0.1) is 0 Å². The Morgan fingerprint density at radius 2 is 1.95 bits per heavy atom. The highest BCUT2D eigenvalue weighted by atomic mass is 35.5. The van der Waals surface area contributed by atoms with Gasteiger partial charge < -0.3 is 9.47 Å². The maximum absolute atomic E-state index is 13.3. The highest BCUT2D eigenvalue weighted by Crippen LogP contribution is 2.28. The number of halogens is 2. The summed E-state index contributed by atoms with van der Waals surface area (Å²) in [5.41, 5.74) is -0.229. The van der Waals surface area contributed by atoms with Crippen LogP contribution in [0.2, 0.25) is 5.02 Å². The van der Waals surface area contributed by atoms with Gasteiger partial charge in [-0.3, -0.25) is 10.1 Å². The van der Waals surface area contributed by atoms with E-state index in [0.29, 0.717) is 0 Å². The quantitative estimate of drug-likeness (QED) is 0.364. The number of nitrogens with zero attached hydrogens (tertiary/aromatic N) is 1. The molecule has 0 saturated carbocycles. The Morgan fingerprint density at radius 1 is 1.23 bits per heavy atom. The molecule has 22 heavy (non-hydrogen) atoms. The number of rotatable bonds is 5. The van der Waals surface area contributed by atoms with E-state index in [2.05, 4.69) is 0 Å². The van der Waals surface area contributed by atoms with E-state index in [9.17, 15) is 19.3 Å². The summed E-state index contributed by atoms with van der Waals surface area (Å²) in [6.45, 7) is -0.533. The zero-order valence-corrected chi connectivity index (χ0v) is 11.7. The standard InChI is InChI=1S/C14H9ClFNO5/c15-10-7-9(17(19)20)5-6-12(10)22-14(18)8-21-13-4-2-1-3-11(13)16/h1-7H,8H2. The second kappa shape index (κ2) is 6.86. The summed E-state index contributed by atoms with van der Waals surface area (Å²) >= 11 is 5.78. The first-order valence-electron chi connectivity index (χ1n) is 5.99. The Balaban J connectivity index is 1.98. The van der Waals surface area contributed by atoms with Crippen LogP contribution in [-0.4, -0.2) is 17.5 Å². The largest absolute Gasteiger partial charge is 0.479 e. The van der Waals surface area contributed by atoms with Crippen LogP contribution >= 0.6 is 11.6 Å². The minimum Gasteiger partial charge on any atom is -0.479 e. The highest BCUT2D eigenvalue weighted by molar-refractivity contribution is 6.32. The Bertz CT molecular complexity index is 722. The number of carbonyl (C=O) groups excluding carboxylic acids is 1. The van der Waals surface area contributed by atoms with Crippen LogP contribution in [-0.2, 0) is 4.79 Å². The maximum atomic E-state index is 13.3. The first-order chi connectivity index (χ1) is 10.5. The third-order valence-electron chi connectivity index (χ3n) is 2.53. The van der Waals surface area contributed by atoms with Gasteiger partial charge >= 0.3 is 5.97 Å². The van der Waals surface area contributed by atoms with Crippen LogP contribution in [0, 0.1) is 15.9 Å². The molecular formula is C14H9ClFNO5. The Hall–Kier alpha value is -2.67. The molecule has 0 saturated heterocycles. The smallest absolute Gasteiger partial charge is 0.349 e. The molecule has 0 bridgehead atoms. The van der Waals surface area contributed by atoms with Crippen LogP contribution in [0.1, 0.15) is 0 Å². The summed E-state index contributed by atoms with van der Waals surface area (Å²) in [5.74, 6) is -1.56. The molecule has 0 aliphatic heterocycles. The molecule has 0 aliphatic carbocycles. The number of benzene rings is 2. The van der Waals surface area contributed by atoms with Crippen LogP contribution in [0.3, 0.4) is 0 Å². The molecule has 0 heterocycles. The van der Waals surface area contributed by atoms with Crippen molar-refractivity contribution in [2.45, 2.75) is 0 Å². The van der Waals surface area contributed by atoms with Gasteiger partial charge in [-0.1, -0.05) is 23.7 Å². The first-order valence-corrected chi connectivity index (χ1v) is 6.37. The second-order valence-corrected chi connectivity index (χ2v) is 4.47. The molecule has 0 radical (unpaired) electrons. The molecule has 0 fully saturated rings. The van der Waals surface area contributed by atoms with Crippen molar-refractivity contribution >= 4 is 23.3 Å². The molecule has 8 heteroatoms. The predicted octanol–water partition coefficient (Wildman–Crippen LogP) is 3.37. The Labute approximate surface area is 129 Å².